The van der Waals surface area contributed by atoms with E-state index in [0.29, 0.717) is 23.8 Å². The third-order valence-corrected chi connectivity index (χ3v) is 6.45. The van der Waals surface area contributed by atoms with Crippen LogP contribution in [0.3, 0.4) is 0 Å². The van der Waals surface area contributed by atoms with Crippen LogP contribution >= 0.6 is 0 Å². The second kappa shape index (κ2) is 11.1. The van der Waals surface area contributed by atoms with E-state index >= 15 is 0 Å². The number of ether oxygens (including phenoxy) is 2. The molecule has 0 radical (unpaired) electrons. The second-order valence-corrected chi connectivity index (χ2v) is 10.4. The van der Waals surface area contributed by atoms with E-state index in [1.165, 1.54) is 0 Å². The van der Waals surface area contributed by atoms with Gasteiger partial charge in [0, 0.05) is 42.1 Å². The number of carbonyl (C=O) groups is 1. The first-order chi connectivity index (χ1) is 17.2. The van der Waals surface area contributed by atoms with Crippen molar-refractivity contribution >= 4 is 28.6 Å². The summed E-state index contributed by atoms with van der Waals surface area (Å²) in [5.41, 5.74) is 1.01. The summed E-state index contributed by atoms with van der Waals surface area (Å²) < 4.78 is 10.8. The van der Waals surface area contributed by atoms with Crippen LogP contribution in [0.5, 0.6) is 5.88 Å². The van der Waals surface area contributed by atoms with Crippen LogP contribution < -0.4 is 15.4 Å². The first-order valence-electron chi connectivity index (χ1n) is 12.6. The molecule has 0 saturated heterocycles. The molecule has 36 heavy (non-hydrogen) atoms. The van der Waals surface area contributed by atoms with Crippen LogP contribution in [0.4, 0.5) is 11.8 Å². The fourth-order valence-corrected chi connectivity index (χ4v) is 4.39. The summed E-state index contributed by atoms with van der Waals surface area (Å²) >= 11 is 0. The molecule has 9 heteroatoms. The number of nitrogens with zero attached hydrogens (tertiary/aromatic N) is 4. The number of anilines is 2. The predicted octanol–water partition coefficient (Wildman–Crippen LogP) is 4.96. The van der Waals surface area contributed by atoms with Gasteiger partial charge in [-0.15, -0.1) is 0 Å². The first-order valence-corrected chi connectivity index (χ1v) is 12.6. The minimum atomic E-state index is -0.515. The highest BCUT2D eigenvalue weighted by molar-refractivity contribution is 5.84. The van der Waals surface area contributed by atoms with Crippen molar-refractivity contribution in [2.45, 2.75) is 70.9 Å². The topological polar surface area (TPSA) is 111 Å². The Kier molecular flexibility index (Phi) is 7.86. The first kappa shape index (κ1) is 25.6. The number of hydrogen-bond donors (Lipinski definition) is 2. The molecule has 192 valence electrons. The summed E-state index contributed by atoms with van der Waals surface area (Å²) in [5.74, 6) is 1.85. The largest absolute Gasteiger partial charge is 0.479 e. The highest BCUT2D eigenvalue weighted by Gasteiger charge is 2.24. The van der Waals surface area contributed by atoms with Gasteiger partial charge in [0.15, 0.2) is 0 Å². The maximum absolute atomic E-state index is 12.3. The average Bonchev–Trinajstić information content (AvgIpc) is 2.87. The van der Waals surface area contributed by atoms with Gasteiger partial charge in [0.1, 0.15) is 16.9 Å². The number of pyridine rings is 2. The molecule has 1 unspecified atom stereocenters. The van der Waals surface area contributed by atoms with Crippen LogP contribution in [0.2, 0.25) is 0 Å². The number of aromatic nitrogens is 4. The summed E-state index contributed by atoms with van der Waals surface area (Å²) in [5, 5.41) is 7.95. The molecule has 1 saturated carbocycles. The summed E-state index contributed by atoms with van der Waals surface area (Å²) in [7, 11) is 1.61. The number of methoxy groups -OCH3 is 1. The van der Waals surface area contributed by atoms with Gasteiger partial charge in [0.2, 0.25) is 11.8 Å². The van der Waals surface area contributed by atoms with Gasteiger partial charge in [-0.05, 0) is 77.5 Å². The van der Waals surface area contributed by atoms with E-state index in [1.807, 2.05) is 45.9 Å². The highest BCUT2D eigenvalue weighted by Crippen LogP contribution is 2.28. The molecule has 0 bridgehead atoms. The summed E-state index contributed by atoms with van der Waals surface area (Å²) in [4.78, 5) is 30.1. The van der Waals surface area contributed by atoms with E-state index in [2.05, 4.69) is 25.6 Å². The van der Waals surface area contributed by atoms with Gasteiger partial charge < -0.3 is 20.1 Å². The lowest BCUT2D eigenvalue weighted by atomic mass is 9.86. The zero-order valence-corrected chi connectivity index (χ0v) is 21.7. The molecule has 0 amide bonds. The molecular formula is C27H36N6O3. The minimum Gasteiger partial charge on any atom is -0.479 e. The molecule has 1 aliphatic carbocycles. The van der Waals surface area contributed by atoms with Crippen molar-refractivity contribution in [1.82, 2.24) is 19.9 Å². The summed E-state index contributed by atoms with van der Waals surface area (Å²) in [6, 6.07) is 6.38. The predicted molar refractivity (Wildman–Crippen MR) is 140 cm³/mol. The van der Waals surface area contributed by atoms with Gasteiger partial charge in [-0.1, -0.05) is 0 Å². The number of nitrogens with one attached hydrogen (secondary N) is 2. The molecular weight excluding hydrogens is 456 g/mol. The zero-order valence-electron chi connectivity index (χ0n) is 21.7. The van der Waals surface area contributed by atoms with E-state index in [4.69, 9.17) is 14.5 Å². The average molecular weight is 493 g/mol. The van der Waals surface area contributed by atoms with Crippen molar-refractivity contribution in [3.05, 3.63) is 42.4 Å². The standard InChI is InChI=1S/C27H36N6O3/c1-17(25(34)36-27(2,3)4)20-15-30-26(31-16-20)29-14-18-6-9-21(10-7-18)32-22-11-8-19-12-13-28-24(35-5)23(19)33-22/h8,11-13,15-18,21H,6-7,9-10,14H2,1-5H3,(H,32,33)(H,29,30,31)/t17?,18-,21-. The van der Waals surface area contributed by atoms with Crippen LogP contribution in [0, 0.1) is 5.92 Å². The molecule has 1 fully saturated rings. The Balaban J connectivity index is 1.24. The molecule has 4 rings (SSSR count). The van der Waals surface area contributed by atoms with Crippen LogP contribution in [0.25, 0.3) is 10.9 Å². The minimum absolute atomic E-state index is 0.271. The van der Waals surface area contributed by atoms with Crippen molar-refractivity contribution in [2.75, 3.05) is 24.3 Å². The smallest absolute Gasteiger partial charge is 0.313 e. The second-order valence-electron chi connectivity index (χ2n) is 10.4. The summed E-state index contributed by atoms with van der Waals surface area (Å²) in [6.45, 7) is 8.22. The monoisotopic (exact) mass is 492 g/mol. The Labute approximate surface area is 212 Å². The van der Waals surface area contributed by atoms with Crippen molar-refractivity contribution < 1.29 is 14.3 Å². The van der Waals surface area contributed by atoms with Gasteiger partial charge in [0.25, 0.3) is 0 Å². The molecule has 1 atom stereocenters. The lowest BCUT2D eigenvalue weighted by Crippen LogP contribution is -2.29. The van der Waals surface area contributed by atoms with Crippen molar-refractivity contribution in [3.8, 4) is 5.88 Å². The Morgan fingerprint density at radius 2 is 1.81 bits per heavy atom. The van der Waals surface area contributed by atoms with Crippen LogP contribution in [0.1, 0.15) is 64.9 Å². The number of esters is 1. The van der Waals surface area contributed by atoms with Gasteiger partial charge in [-0.2, -0.15) is 0 Å². The zero-order chi connectivity index (χ0) is 25.7. The Morgan fingerprint density at radius 1 is 1.08 bits per heavy atom. The van der Waals surface area contributed by atoms with Crippen molar-refractivity contribution in [1.29, 1.82) is 0 Å². The highest BCUT2D eigenvalue weighted by atomic mass is 16.6. The van der Waals surface area contributed by atoms with Gasteiger partial charge in [-0.25, -0.2) is 19.9 Å². The number of fused-ring (bicyclic) bond motifs is 1. The van der Waals surface area contributed by atoms with Crippen LogP contribution in [-0.4, -0.2) is 51.2 Å². The molecule has 1 aliphatic rings. The van der Waals surface area contributed by atoms with E-state index in [-0.39, 0.29) is 5.97 Å². The van der Waals surface area contributed by atoms with Crippen molar-refractivity contribution in [2.24, 2.45) is 5.92 Å². The lowest BCUT2D eigenvalue weighted by Gasteiger charge is -2.29. The summed E-state index contributed by atoms with van der Waals surface area (Å²) in [6.07, 6.45) is 9.49. The van der Waals surface area contributed by atoms with Gasteiger partial charge in [-0.3, -0.25) is 4.79 Å². The SMILES string of the molecule is COc1nccc2ccc(N[C@H]3CC[C@H](CNc4ncc(C(C)C(=O)OC(C)(C)C)cn4)CC3)nc12. The molecule has 3 aromatic rings. The van der Waals surface area contributed by atoms with Crippen LogP contribution in [-0.2, 0) is 9.53 Å². The number of rotatable bonds is 8. The number of hydrogen-bond acceptors (Lipinski definition) is 9. The van der Waals surface area contributed by atoms with Crippen LogP contribution in [0.15, 0.2) is 36.8 Å². The molecule has 2 N–H and O–H groups in total. The molecule has 3 aromatic heterocycles. The van der Waals surface area contributed by atoms with E-state index < -0.39 is 11.5 Å². The molecule has 0 aromatic carbocycles. The van der Waals surface area contributed by atoms with Gasteiger partial charge in [0.05, 0.1) is 13.0 Å². The number of carbonyl (C=O) groups excluding carboxylic acids is 1. The quantitative estimate of drug-likeness (QED) is 0.422. The Morgan fingerprint density at radius 3 is 2.47 bits per heavy atom. The third-order valence-electron chi connectivity index (χ3n) is 6.45. The molecule has 3 heterocycles. The molecule has 9 nitrogen and oxygen atoms in total. The maximum Gasteiger partial charge on any atom is 0.313 e. The maximum atomic E-state index is 12.3. The Hall–Kier alpha value is -3.49. The normalized spacial score (nSPS) is 18.9. The van der Waals surface area contributed by atoms with Gasteiger partial charge >= 0.3 is 5.97 Å². The molecule has 0 spiro atoms. The fraction of sp³-hybridized carbons (Fsp3) is 0.519. The lowest BCUT2D eigenvalue weighted by molar-refractivity contribution is -0.156. The Bertz CT molecular complexity index is 1170. The third kappa shape index (κ3) is 6.59. The fourth-order valence-electron chi connectivity index (χ4n) is 4.39. The van der Waals surface area contributed by atoms with E-state index in [1.54, 1.807) is 25.7 Å². The van der Waals surface area contributed by atoms with E-state index in [0.717, 1.165) is 54.5 Å². The molecule has 0 aliphatic heterocycles. The van der Waals surface area contributed by atoms with E-state index in [9.17, 15) is 4.79 Å². The van der Waals surface area contributed by atoms with Crippen molar-refractivity contribution in [3.63, 3.8) is 0 Å².